The number of rotatable bonds is 79. The van der Waals surface area contributed by atoms with E-state index in [-0.39, 0.29) is 25.7 Å². The van der Waals surface area contributed by atoms with E-state index in [1.54, 1.807) is 0 Å². The molecule has 0 spiro atoms. The fourth-order valence-electron chi connectivity index (χ4n) is 16.4. The van der Waals surface area contributed by atoms with Crippen molar-refractivity contribution in [3.8, 4) is 0 Å². The molecule has 702 valence electrons. The monoisotopic (exact) mass is 1720 g/mol. The SMILES string of the molecule is CCCCCCCCCCCCCCCCCCC(=O)OCC(COP(=O)(O)OC1C(OC2OC(CO)C(O)C(O)C2O)C(O)C(O)C(OC(=O)CCCCCCCCC(C)CCCCCCCC)C1OC1OC(COC(=O)CCCCCCCCCCCCCCC)C(O)C(O)C1O)OC(=O)CCCCCCCCCCCCCCCCC. The van der Waals surface area contributed by atoms with Crippen LogP contribution in [0.2, 0.25) is 0 Å². The van der Waals surface area contributed by atoms with Crippen molar-refractivity contribution in [2.75, 3.05) is 26.4 Å². The Hall–Kier alpha value is -2.53. The highest BCUT2D eigenvalue weighted by molar-refractivity contribution is 7.47. The molecule has 0 bridgehead atoms. The van der Waals surface area contributed by atoms with Crippen molar-refractivity contribution < 1.29 is 122 Å². The van der Waals surface area contributed by atoms with Gasteiger partial charge in [-0.1, -0.05) is 381 Å². The van der Waals surface area contributed by atoms with Crippen LogP contribution in [0.1, 0.15) is 433 Å². The average molecular weight is 1720 g/mol. The van der Waals surface area contributed by atoms with E-state index in [2.05, 4.69) is 34.6 Å². The predicted octanol–water partition coefficient (Wildman–Crippen LogP) is 18.4. The van der Waals surface area contributed by atoms with Crippen LogP contribution in [-0.4, -0.2) is 205 Å². The molecule has 3 rings (SSSR count). The Labute approximate surface area is 719 Å². The summed E-state index contributed by atoms with van der Waals surface area (Å²) in [5.74, 6) is -2.31. The van der Waals surface area contributed by atoms with Gasteiger partial charge in [-0.2, -0.15) is 0 Å². The first-order valence-corrected chi connectivity index (χ1v) is 50.2. The highest BCUT2D eigenvalue weighted by Crippen LogP contribution is 2.49. The molecule has 119 heavy (non-hydrogen) atoms. The Kier molecular flexibility index (Phi) is 66.5. The van der Waals surface area contributed by atoms with Crippen LogP contribution >= 0.6 is 7.82 Å². The Morgan fingerprint density at radius 1 is 0.328 bits per heavy atom. The molecule has 2 saturated heterocycles. The summed E-state index contributed by atoms with van der Waals surface area (Å²) in [6, 6.07) is 0. The molecule has 0 radical (unpaired) electrons. The van der Waals surface area contributed by atoms with Gasteiger partial charge in [-0.25, -0.2) is 4.57 Å². The normalized spacial score (nSPS) is 25.0. The lowest BCUT2D eigenvalue weighted by Gasteiger charge is -2.50. The summed E-state index contributed by atoms with van der Waals surface area (Å²) in [7, 11) is -5.81. The lowest BCUT2D eigenvalue weighted by Crippen LogP contribution is -2.70. The van der Waals surface area contributed by atoms with Crippen LogP contribution < -0.4 is 0 Å². The molecule has 0 aromatic heterocycles. The fourth-order valence-corrected chi connectivity index (χ4v) is 17.4. The maximum Gasteiger partial charge on any atom is 0.472 e. The summed E-state index contributed by atoms with van der Waals surface area (Å²) in [6.07, 6.45) is 28.0. The minimum atomic E-state index is -5.81. The average Bonchev–Trinajstić information content (AvgIpc) is 0.754. The number of unbranched alkanes of at least 4 members (excludes halogenated alkanes) is 51. The summed E-state index contributed by atoms with van der Waals surface area (Å²) in [5, 5.41) is 102. The van der Waals surface area contributed by atoms with Gasteiger partial charge in [0.05, 0.1) is 13.2 Å². The van der Waals surface area contributed by atoms with Crippen LogP contribution in [-0.2, 0) is 70.7 Å². The largest absolute Gasteiger partial charge is 0.472 e. The van der Waals surface area contributed by atoms with Gasteiger partial charge in [0.15, 0.2) is 24.8 Å². The van der Waals surface area contributed by atoms with Crippen molar-refractivity contribution in [2.24, 2.45) is 5.92 Å². The topological polar surface area (TPSA) is 380 Å². The van der Waals surface area contributed by atoms with E-state index in [4.69, 9.17) is 46.9 Å². The molecule has 0 aromatic rings. The number of aliphatic hydroxyl groups excluding tert-OH is 9. The van der Waals surface area contributed by atoms with Crippen molar-refractivity contribution in [3.05, 3.63) is 0 Å². The van der Waals surface area contributed by atoms with E-state index in [0.717, 1.165) is 128 Å². The predicted molar refractivity (Wildman–Crippen MR) is 463 cm³/mol. The molecule has 3 aliphatic rings. The third kappa shape index (κ3) is 51.8. The van der Waals surface area contributed by atoms with Gasteiger partial charge in [-0.3, -0.25) is 28.2 Å². The molecule has 1 aliphatic carbocycles. The Morgan fingerprint density at radius 3 is 1.00 bits per heavy atom. The number of hydrogen-bond acceptors (Lipinski definition) is 24. The summed E-state index contributed by atoms with van der Waals surface area (Å²) >= 11 is 0. The van der Waals surface area contributed by atoms with Crippen LogP contribution in [0.25, 0.3) is 0 Å². The van der Waals surface area contributed by atoms with Gasteiger partial charge in [0, 0.05) is 25.7 Å². The second-order valence-corrected chi connectivity index (χ2v) is 36.6. The summed E-state index contributed by atoms with van der Waals surface area (Å²) in [6.45, 7) is 7.94. The number of esters is 4. The first kappa shape index (κ1) is 111. The lowest BCUT2D eigenvalue weighted by atomic mass is 9.84. The number of carbonyl (C=O) groups is 4. The zero-order valence-corrected chi connectivity index (χ0v) is 76.0. The quantitative estimate of drug-likeness (QED) is 0.0117. The third-order valence-corrected chi connectivity index (χ3v) is 25.2. The van der Waals surface area contributed by atoms with Gasteiger partial charge in [0.2, 0.25) is 0 Å². The lowest BCUT2D eigenvalue weighted by molar-refractivity contribution is -0.360. The second-order valence-electron chi connectivity index (χ2n) is 35.2. The van der Waals surface area contributed by atoms with Gasteiger partial charge in [0.25, 0.3) is 0 Å². The summed E-state index contributed by atoms with van der Waals surface area (Å²) in [5.41, 5.74) is 0. The molecule has 10 N–H and O–H groups in total. The standard InChI is InChI=1S/C93H175O25P/c1-6-10-14-18-22-25-28-31-33-35-37-40-42-45-52-58-64-76(95)109-69-73(112-78(97)66-60-54-47-44-41-38-34-32-29-26-23-19-15-11-7-2)70-111-119(107,108)118-91-89(116-92-86(105)82(101)80(99)74(68-94)113-92)85(104)84(103)88(115-79(98)67-61-55-49-48-51-57-63-72(5)62-56-50-21-17-13-9-4)90(91)117-93-87(106)83(102)81(100)75(114-93)71-110-77(96)65-59-53-46-43-39-36-30-27-24-20-16-12-8-3/h72-75,80-94,99-106H,6-71H2,1-5H3,(H,107,108). The van der Waals surface area contributed by atoms with Gasteiger partial charge >= 0.3 is 31.7 Å². The van der Waals surface area contributed by atoms with Crippen molar-refractivity contribution in [1.82, 2.24) is 0 Å². The van der Waals surface area contributed by atoms with Gasteiger partial charge in [-0.15, -0.1) is 0 Å². The highest BCUT2D eigenvalue weighted by atomic mass is 31.2. The summed E-state index contributed by atoms with van der Waals surface area (Å²) in [4.78, 5) is 66.6. The molecule has 19 unspecified atom stereocenters. The van der Waals surface area contributed by atoms with E-state index in [9.17, 15) is 74.6 Å². The third-order valence-electron chi connectivity index (χ3n) is 24.3. The van der Waals surface area contributed by atoms with E-state index >= 15 is 0 Å². The number of phosphoric ester groups is 1. The van der Waals surface area contributed by atoms with Crippen molar-refractivity contribution in [1.29, 1.82) is 0 Å². The van der Waals surface area contributed by atoms with E-state index in [1.165, 1.54) is 212 Å². The Morgan fingerprint density at radius 2 is 0.630 bits per heavy atom. The molecule has 3 fully saturated rings. The van der Waals surface area contributed by atoms with Crippen molar-refractivity contribution >= 4 is 31.7 Å². The number of carbonyl (C=O) groups excluding carboxylic acids is 4. The Bertz CT molecular complexity index is 2490. The second kappa shape index (κ2) is 71.5. The smallest absolute Gasteiger partial charge is 0.463 e. The molecule has 0 aromatic carbocycles. The minimum absolute atomic E-state index is 0.0192. The van der Waals surface area contributed by atoms with Gasteiger partial charge in [-0.05, 0) is 31.6 Å². The molecule has 19 atom stereocenters. The van der Waals surface area contributed by atoms with Gasteiger partial charge < -0.3 is 88.7 Å². The zero-order chi connectivity index (χ0) is 86.9. The number of aliphatic hydroxyl groups is 9. The molecule has 0 amide bonds. The molecule has 2 aliphatic heterocycles. The number of phosphoric acid groups is 1. The highest BCUT2D eigenvalue weighted by Gasteiger charge is 2.60. The van der Waals surface area contributed by atoms with Crippen molar-refractivity contribution in [2.45, 2.75) is 537 Å². The van der Waals surface area contributed by atoms with E-state index < -0.39 is 162 Å². The van der Waals surface area contributed by atoms with Crippen LogP contribution in [0.15, 0.2) is 0 Å². The molecule has 25 nitrogen and oxygen atoms in total. The van der Waals surface area contributed by atoms with Crippen LogP contribution in [0.4, 0.5) is 0 Å². The fraction of sp³-hybridized carbons (Fsp3) is 0.957. The molecule has 26 heteroatoms. The van der Waals surface area contributed by atoms with Crippen LogP contribution in [0.3, 0.4) is 0 Å². The number of hydrogen-bond donors (Lipinski definition) is 10. The van der Waals surface area contributed by atoms with Crippen LogP contribution in [0, 0.1) is 5.92 Å². The minimum Gasteiger partial charge on any atom is -0.463 e. The molecular formula is C93H175O25P. The molecule has 1 saturated carbocycles. The maximum absolute atomic E-state index is 14.9. The first-order chi connectivity index (χ1) is 57.6. The van der Waals surface area contributed by atoms with Crippen LogP contribution in [0.5, 0.6) is 0 Å². The molecule has 2 heterocycles. The van der Waals surface area contributed by atoms with E-state index in [0.29, 0.717) is 38.0 Å². The first-order valence-electron chi connectivity index (χ1n) is 48.7. The Balaban J connectivity index is 1.91. The number of ether oxygens (including phenoxy) is 8. The van der Waals surface area contributed by atoms with Crippen molar-refractivity contribution in [3.63, 3.8) is 0 Å². The van der Waals surface area contributed by atoms with Gasteiger partial charge in [0.1, 0.15) is 92.6 Å². The van der Waals surface area contributed by atoms with E-state index in [1.807, 2.05) is 0 Å². The zero-order valence-electron chi connectivity index (χ0n) is 75.1. The summed E-state index contributed by atoms with van der Waals surface area (Å²) < 4.78 is 73.6. The molecular weight excluding hydrogens is 1550 g/mol. The maximum atomic E-state index is 14.9.